The van der Waals surface area contributed by atoms with Crippen LogP contribution in [0.15, 0.2) is 23.2 Å². The van der Waals surface area contributed by atoms with Crippen LogP contribution in [0.1, 0.15) is 11.1 Å². The molecule has 0 spiro atoms. The van der Waals surface area contributed by atoms with E-state index in [1.54, 1.807) is 6.92 Å². The Labute approximate surface area is 73.9 Å². The van der Waals surface area contributed by atoms with Gasteiger partial charge in [0.05, 0.1) is 11.3 Å². The lowest BCUT2D eigenvalue weighted by atomic mass is 10.1. The van der Waals surface area contributed by atoms with Gasteiger partial charge in [0.15, 0.2) is 0 Å². The summed E-state index contributed by atoms with van der Waals surface area (Å²) in [5.41, 5.74) is 0.262. The maximum atomic E-state index is 12.2. The summed E-state index contributed by atoms with van der Waals surface area (Å²) in [6.45, 7) is 4.88. The maximum Gasteiger partial charge on any atom is 0.416 e. The molecule has 0 aliphatic rings. The van der Waals surface area contributed by atoms with E-state index < -0.39 is 11.7 Å². The van der Waals surface area contributed by atoms with E-state index >= 15 is 0 Å². The minimum absolute atomic E-state index is 0.273. The molecule has 0 saturated heterocycles. The van der Waals surface area contributed by atoms with Crippen molar-refractivity contribution < 1.29 is 13.2 Å². The standard InChI is InChI=1S/C9H8F3N/c1-6-3-4-7(9(10,11)12)5-8(6)13-2/h3-5H,2H2,1H3. The van der Waals surface area contributed by atoms with E-state index in [0.29, 0.717) is 5.56 Å². The average molecular weight is 187 g/mol. The Kier molecular flexibility index (Phi) is 2.40. The molecule has 0 N–H and O–H groups in total. The molecule has 4 heteroatoms. The van der Waals surface area contributed by atoms with E-state index in [2.05, 4.69) is 11.7 Å². The molecule has 0 aliphatic heterocycles. The molecule has 1 nitrogen and oxygen atoms in total. The van der Waals surface area contributed by atoms with Crippen molar-refractivity contribution in [3.8, 4) is 0 Å². The smallest absolute Gasteiger partial charge is 0.264 e. The Hall–Kier alpha value is -1.32. The van der Waals surface area contributed by atoms with Crippen molar-refractivity contribution >= 4 is 12.4 Å². The quantitative estimate of drug-likeness (QED) is 0.598. The van der Waals surface area contributed by atoms with Gasteiger partial charge in [0.2, 0.25) is 0 Å². The van der Waals surface area contributed by atoms with Crippen LogP contribution in [0.2, 0.25) is 0 Å². The number of hydrogen-bond donors (Lipinski definition) is 0. The highest BCUT2D eigenvalue weighted by Gasteiger charge is 2.30. The average Bonchev–Trinajstić information content (AvgIpc) is 2.03. The predicted octanol–water partition coefficient (Wildman–Crippen LogP) is 3.35. The molecule has 0 bridgehead atoms. The molecule has 1 aromatic rings. The molecule has 13 heavy (non-hydrogen) atoms. The number of alkyl halides is 3. The molecule has 1 aromatic carbocycles. The summed E-state index contributed by atoms with van der Waals surface area (Å²) >= 11 is 0. The van der Waals surface area contributed by atoms with E-state index in [0.717, 1.165) is 12.1 Å². The lowest BCUT2D eigenvalue weighted by molar-refractivity contribution is -0.137. The predicted molar refractivity (Wildman–Crippen MR) is 45.4 cm³/mol. The van der Waals surface area contributed by atoms with E-state index in [1.807, 2.05) is 0 Å². The molecule has 0 saturated carbocycles. The monoisotopic (exact) mass is 187 g/mol. The molecule has 1 rings (SSSR count). The lowest BCUT2D eigenvalue weighted by Crippen LogP contribution is -2.04. The van der Waals surface area contributed by atoms with Crippen LogP contribution in [0.4, 0.5) is 18.9 Å². The van der Waals surface area contributed by atoms with E-state index in [9.17, 15) is 13.2 Å². The van der Waals surface area contributed by atoms with Crippen molar-refractivity contribution in [3.05, 3.63) is 29.3 Å². The third-order valence-corrected chi connectivity index (χ3v) is 1.71. The third-order valence-electron chi connectivity index (χ3n) is 1.71. The Balaban J connectivity index is 3.21. The molecular formula is C9H8F3N. The van der Waals surface area contributed by atoms with Crippen molar-refractivity contribution in [2.45, 2.75) is 13.1 Å². The van der Waals surface area contributed by atoms with E-state index in [1.165, 1.54) is 6.07 Å². The summed E-state index contributed by atoms with van der Waals surface area (Å²) in [6, 6.07) is 3.40. The highest BCUT2D eigenvalue weighted by atomic mass is 19.4. The molecule has 0 radical (unpaired) electrons. The van der Waals surface area contributed by atoms with Crippen LogP contribution in [0.3, 0.4) is 0 Å². The van der Waals surface area contributed by atoms with Crippen LogP contribution in [-0.4, -0.2) is 6.72 Å². The number of nitrogens with zero attached hydrogens (tertiary/aromatic N) is 1. The zero-order valence-electron chi connectivity index (χ0n) is 7.02. The first-order valence-corrected chi connectivity index (χ1v) is 3.59. The summed E-state index contributed by atoms with van der Waals surface area (Å²) in [7, 11) is 0. The van der Waals surface area contributed by atoms with Gasteiger partial charge in [-0.1, -0.05) is 6.07 Å². The zero-order chi connectivity index (χ0) is 10.1. The Bertz CT molecular complexity index is 328. The molecular weight excluding hydrogens is 179 g/mol. The highest BCUT2D eigenvalue weighted by molar-refractivity contribution is 5.53. The fourth-order valence-electron chi connectivity index (χ4n) is 0.956. The van der Waals surface area contributed by atoms with Crippen LogP contribution in [0, 0.1) is 6.92 Å². The van der Waals surface area contributed by atoms with Crippen molar-refractivity contribution in [1.82, 2.24) is 0 Å². The number of halogens is 3. The van der Waals surface area contributed by atoms with Crippen LogP contribution >= 0.6 is 0 Å². The first-order chi connectivity index (χ1) is 5.95. The van der Waals surface area contributed by atoms with Crippen LogP contribution < -0.4 is 0 Å². The molecule has 0 fully saturated rings. The number of hydrogen-bond acceptors (Lipinski definition) is 1. The molecule has 0 aromatic heterocycles. The molecule has 0 amide bonds. The summed E-state index contributed by atoms with van der Waals surface area (Å²) in [4.78, 5) is 3.49. The van der Waals surface area contributed by atoms with Crippen LogP contribution in [-0.2, 0) is 6.18 Å². The molecule has 0 heterocycles. The first-order valence-electron chi connectivity index (χ1n) is 3.59. The third kappa shape index (κ3) is 2.08. The van der Waals surface area contributed by atoms with Gasteiger partial charge in [-0.2, -0.15) is 13.2 Å². The van der Waals surface area contributed by atoms with Crippen molar-refractivity contribution in [3.63, 3.8) is 0 Å². The summed E-state index contributed by atoms with van der Waals surface area (Å²) in [5.74, 6) is 0. The van der Waals surface area contributed by atoms with Gasteiger partial charge in [-0.3, -0.25) is 4.99 Å². The van der Waals surface area contributed by atoms with Gasteiger partial charge in [0, 0.05) is 0 Å². The summed E-state index contributed by atoms with van der Waals surface area (Å²) in [6.07, 6.45) is -4.31. The van der Waals surface area contributed by atoms with Crippen molar-refractivity contribution in [2.75, 3.05) is 0 Å². The van der Waals surface area contributed by atoms with Gasteiger partial charge in [0.1, 0.15) is 0 Å². The fraction of sp³-hybridized carbons (Fsp3) is 0.222. The maximum absolute atomic E-state index is 12.2. The fourth-order valence-corrected chi connectivity index (χ4v) is 0.956. The topological polar surface area (TPSA) is 12.4 Å². The Morgan fingerprint density at radius 3 is 2.38 bits per heavy atom. The number of benzene rings is 1. The second-order valence-corrected chi connectivity index (χ2v) is 2.66. The molecule has 0 atom stereocenters. The Morgan fingerprint density at radius 2 is 1.92 bits per heavy atom. The number of aliphatic imine (C=N–C) groups is 1. The molecule has 0 unspecified atom stereocenters. The number of aryl methyl sites for hydroxylation is 1. The second-order valence-electron chi connectivity index (χ2n) is 2.66. The lowest BCUT2D eigenvalue weighted by Gasteiger charge is -2.08. The summed E-state index contributed by atoms with van der Waals surface area (Å²) < 4.78 is 36.5. The Morgan fingerprint density at radius 1 is 1.31 bits per heavy atom. The largest absolute Gasteiger partial charge is 0.416 e. The molecule has 70 valence electrons. The molecule has 0 aliphatic carbocycles. The van der Waals surface area contributed by atoms with Gasteiger partial charge >= 0.3 is 6.18 Å². The first kappa shape index (κ1) is 9.77. The normalized spacial score (nSPS) is 11.4. The van der Waals surface area contributed by atoms with Gasteiger partial charge < -0.3 is 0 Å². The van der Waals surface area contributed by atoms with Gasteiger partial charge in [-0.25, -0.2) is 0 Å². The van der Waals surface area contributed by atoms with Crippen LogP contribution in [0.25, 0.3) is 0 Å². The minimum atomic E-state index is -4.31. The second kappa shape index (κ2) is 3.20. The van der Waals surface area contributed by atoms with Crippen molar-refractivity contribution in [1.29, 1.82) is 0 Å². The van der Waals surface area contributed by atoms with Gasteiger partial charge in [0.25, 0.3) is 0 Å². The van der Waals surface area contributed by atoms with Crippen molar-refractivity contribution in [2.24, 2.45) is 4.99 Å². The van der Waals surface area contributed by atoms with Gasteiger partial charge in [-0.15, -0.1) is 0 Å². The SMILES string of the molecule is C=Nc1cc(C(F)(F)F)ccc1C. The van der Waals surface area contributed by atoms with E-state index in [-0.39, 0.29) is 5.69 Å². The van der Waals surface area contributed by atoms with E-state index in [4.69, 9.17) is 0 Å². The minimum Gasteiger partial charge on any atom is -0.264 e. The highest BCUT2D eigenvalue weighted by Crippen LogP contribution is 2.32. The van der Waals surface area contributed by atoms with Crippen LogP contribution in [0.5, 0.6) is 0 Å². The summed E-state index contributed by atoms with van der Waals surface area (Å²) in [5, 5.41) is 0. The number of rotatable bonds is 1. The van der Waals surface area contributed by atoms with Gasteiger partial charge in [-0.05, 0) is 31.3 Å². The zero-order valence-corrected chi connectivity index (χ0v) is 7.02.